The molecule has 0 aromatic carbocycles. The van der Waals surface area contributed by atoms with Crippen LogP contribution in [0, 0.1) is 6.92 Å². The molecule has 102 valence electrons. The van der Waals surface area contributed by atoms with Gasteiger partial charge in [-0.05, 0) is 25.1 Å². The third-order valence-electron chi connectivity index (χ3n) is 2.92. The van der Waals surface area contributed by atoms with Gasteiger partial charge in [-0.15, -0.1) is 11.3 Å². The summed E-state index contributed by atoms with van der Waals surface area (Å²) in [6.45, 7) is 6.52. The van der Waals surface area contributed by atoms with Gasteiger partial charge in [-0.3, -0.25) is 4.90 Å². The van der Waals surface area contributed by atoms with Crippen LogP contribution in [0.4, 0.5) is 0 Å². The first-order chi connectivity index (χ1) is 9.17. The fraction of sp³-hybridized carbons (Fsp3) is 0.429. The Morgan fingerprint density at radius 1 is 1.42 bits per heavy atom. The molecule has 0 aliphatic heterocycles. The highest BCUT2D eigenvalue weighted by molar-refractivity contribution is 7.09. The fourth-order valence-corrected chi connectivity index (χ4v) is 2.56. The van der Waals surface area contributed by atoms with E-state index in [1.165, 1.54) is 6.07 Å². The summed E-state index contributed by atoms with van der Waals surface area (Å²) in [5.74, 6) is 0.728. The van der Waals surface area contributed by atoms with E-state index in [0.29, 0.717) is 6.54 Å². The van der Waals surface area contributed by atoms with Crippen molar-refractivity contribution in [3.8, 4) is 0 Å². The zero-order valence-electron chi connectivity index (χ0n) is 11.3. The largest absolute Gasteiger partial charge is 0.426 e. The minimum absolute atomic E-state index is 0.272. The topological polar surface area (TPSA) is 46.3 Å². The molecule has 0 unspecified atom stereocenters. The van der Waals surface area contributed by atoms with E-state index in [0.717, 1.165) is 35.8 Å². The van der Waals surface area contributed by atoms with Gasteiger partial charge in [-0.25, -0.2) is 9.78 Å². The molecular formula is C14H18N2O2S. The van der Waals surface area contributed by atoms with E-state index in [1.54, 1.807) is 11.3 Å². The van der Waals surface area contributed by atoms with Crippen LogP contribution in [0.15, 0.2) is 32.9 Å². The second-order valence-corrected chi connectivity index (χ2v) is 5.44. The van der Waals surface area contributed by atoms with Gasteiger partial charge in [0.2, 0.25) is 0 Å². The SMILES string of the molecule is CCN(CCc1nccs1)Cc1cc(C)cc(=O)o1. The Morgan fingerprint density at radius 3 is 2.89 bits per heavy atom. The van der Waals surface area contributed by atoms with Crippen molar-refractivity contribution in [2.75, 3.05) is 13.1 Å². The van der Waals surface area contributed by atoms with E-state index < -0.39 is 0 Å². The average molecular weight is 278 g/mol. The molecule has 0 radical (unpaired) electrons. The Morgan fingerprint density at radius 2 is 2.26 bits per heavy atom. The number of aromatic nitrogens is 1. The molecule has 4 nitrogen and oxygen atoms in total. The number of hydrogen-bond acceptors (Lipinski definition) is 5. The molecule has 5 heteroatoms. The van der Waals surface area contributed by atoms with Crippen LogP contribution in [0.25, 0.3) is 0 Å². The summed E-state index contributed by atoms with van der Waals surface area (Å²) in [6, 6.07) is 3.43. The van der Waals surface area contributed by atoms with E-state index in [2.05, 4.69) is 16.8 Å². The summed E-state index contributed by atoms with van der Waals surface area (Å²) in [6.07, 6.45) is 2.76. The Labute approximate surface area is 116 Å². The summed E-state index contributed by atoms with van der Waals surface area (Å²) >= 11 is 1.68. The van der Waals surface area contributed by atoms with E-state index in [4.69, 9.17) is 4.42 Å². The molecule has 0 aliphatic carbocycles. The molecule has 0 amide bonds. The first kappa shape index (κ1) is 14.0. The zero-order chi connectivity index (χ0) is 13.7. The fourth-order valence-electron chi connectivity index (χ4n) is 1.95. The highest BCUT2D eigenvalue weighted by Crippen LogP contribution is 2.09. The molecule has 2 rings (SSSR count). The van der Waals surface area contributed by atoms with Crippen molar-refractivity contribution in [1.82, 2.24) is 9.88 Å². The molecule has 0 aliphatic rings. The van der Waals surface area contributed by atoms with E-state index in [-0.39, 0.29) is 5.63 Å². The molecule has 2 aromatic heterocycles. The van der Waals surface area contributed by atoms with Gasteiger partial charge in [0.05, 0.1) is 11.6 Å². The molecule has 2 aromatic rings. The van der Waals surface area contributed by atoms with Crippen LogP contribution in [-0.2, 0) is 13.0 Å². The summed E-state index contributed by atoms with van der Waals surface area (Å²) in [5, 5.41) is 3.13. The molecule has 0 saturated carbocycles. The maximum absolute atomic E-state index is 11.3. The van der Waals surface area contributed by atoms with Crippen LogP contribution in [0.5, 0.6) is 0 Å². The maximum atomic E-state index is 11.3. The monoisotopic (exact) mass is 278 g/mol. The van der Waals surface area contributed by atoms with E-state index >= 15 is 0 Å². The quantitative estimate of drug-likeness (QED) is 0.814. The second-order valence-electron chi connectivity index (χ2n) is 4.46. The normalized spacial score (nSPS) is 11.1. The summed E-state index contributed by atoms with van der Waals surface area (Å²) in [5.41, 5.74) is 0.674. The third-order valence-corrected chi connectivity index (χ3v) is 3.76. The Kier molecular flexibility index (Phi) is 4.87. The minimum Gasteiger partial charge on any atom is -0.426 e. The Balaban J connectivity index is 1.96. The number of thiazole rings is 1. The van der Waals surface area contributed by atoms with Crippen molar-refractivity contribution < 1.29 is 4.42 Å². The van der Waals surface area contributed by atoms with Gasteiger partial charge in [0, 0.05) is 30.6 Å². The van der Waals surface area contributed by atoms with E-state index in [9.17, 15) is 4.79 Å². The smallest absolute Gasteiger partial charge is 0.336 e. The summed E-state index contributed by atoms with van der Waals surface area (Å²) < 4.78 is 5.22. The van der Waals surface area contributed by atoms with Crippen molar-refractivity contribution in [2.24, 2.45) is 0 Å². The molecule has 0 saturated heterocycles. The van der Waals surface area contributed by atoms with Gasteiger partial charge in [0.15, 0.2) is 0 Å². The number of hydrogen-bond donors (Lipinski definition) is 0. The molecule has 2 heterocycles. The van der Waals surface area contributed by atoms with Crippen molar-refractivity contribution in [1.29, 1.82) is 0 Å². The standard InChI is InChI=1S/C14H18N2O2S/c1-3-16(6-4-13-15-5-7-19-13)10-12-8-11(2)9-14(17)18-12/h5,7-9H,3-4,6,10H2,1-2H3. The predicted molar refractivity (Wildman–Crippen MR) is 76.5 cm³/mol. The molecular weight excluding hydrogens is 260 g/mol. The molecule has 0 atom stereocenters. The first-order valence-corrected chi connectivity index (χ1v) is 7.26. The van der Waals surface area contributed by atoms with Crippen LogP contribution in [0.1, 0.15) is 23.3 Å². The highest BCUT2D eigenvalue weighted by Gasteiger charge is 2.08. The van der Waals surface area contributed by atoms with Gasteiger partial charge >= 0.3 is 5.63 Å². The number of rotatable bonds is 6. The van der Waals surface area contributed by atoms with Crippen molar-refractivity contribution >= 4 is 11.3 Å². The highest BCUT2D eigenvalue weighted by atomic mass is 32.1. The maximum Gasteiger partial charge on any atom is 0.336 e. The summed E-state index contributed by atoms with van der Waals surface area (Å²) in [4.78, 5) is 17.9. The van der Waals surface area contributed by atoms with Crippen molar-refractivity contribution in [3.63, 3.8) is 0 Å². The van der Waals surface area contributed by atoms with Gasteiger partial charge in [-0.1, -0.05) is 6.92 Å². The number of nitrogens with zero attached hydrogens (tertiary/aromatic N) is 2. The lowest BCUT2D eigenvalue weighted by Crippen LogP contribution is -2.25. The van der Waals surface area contributed by atoms with E-state index in [1.807, 2.05) is 24.6 Å². The van der Waals surface area contributed by atoms with Crippen LogP contribution in [0.2, 0.25) is 0 Å². The van der Waals surface area contributed by atoms with Crippen molar-refractivity contribution in [3.05, 3.63) is 50.5 Å². The minimum atomic E-state index is -0.272. The van der Waals surface area contributed by atoms with Gasteiger partial charge < -0.3 is 4.42 Å². The lowest BCUT2D eigenvalue weighted by molar-refractivity contribution is 0.252. The van der Waals surface area contributed by atoms with Crippen LogP contribution in [-0.4, -0.2) is 23.0 Å². The molecule has 0 bridgehead atoms. The zero-order valence-corrected chi connectivity index (χ0v) is 12.1. The van der Waals surface area contributed by atoms with Crippen LogP contribution >= 0.6 is 11.3 Å². The lowest BCUT2D eigenvalue weighted by atomic mass is 10.2. The van der Waals surface area contributed by atoms with Gasteiger partial charge in [-0.2, -0.15) is 0 Å². The third kappa shape index (κ3) is 4.29. The van der Waals surface area contributed by atoms with Crippen molar-refractivity contribution in [2.45, 2.75) is 26.8 Å². The number of aryl methyl sites for hydroxylation is 1. The molecule has 0 spiro atoms. The Hall–Kier alpha value is -1.46. The van der Waals surface area contributed by atoms with Gasteiger partial charge in [0.25, 0.3) is 0 Å². The first-order valence-electron chi connectivity index (χ1n) is 6.38. The predicted octanol–water partition coefficient (Wildman–Crippen LogP) is 2.47. The molecule has 19 heavy (non-hydrogen) atoms. The number of likely N-dealkylation sites (N-methyl/N-ethyl adjacent to an activating group) is 1. The van der Waals surface area contributed by atoms with Gasteiger partial charge in [0.1, 0.15) is 5.76 Å². The van der Waals surface area contributed by atoms with Crippen LogP contribution < -0.4 is 5.63 Å². The average Bonchev–Trinajstić information content (AvgIpc) is 2.86. The Bertz CT molecular complexity index is 563. The second kappa shape index (κ2) is 6.63. The molecule has 0 N–H and O–H groups in total. The lowest BCUT2D eigenvalue weighted by Gasteiger charge is -2.18. The molecule has 0 fully saturated rings. The van der Waals surface area contributed by atoms with Crippen LogP contribution in [0.3, 0.4) is 0 Å². The summed E-state index contributed by atoms with van der Waals surface area (Å²) in [7, 11) is 0.